The molecule has 0 spiro atoms. The number of nitrogens with zero attached hydrogens (tertiary/aromatic N) is 2. The van der Waals surface area contributed by atoms with E-state index in [4.69, 9.17) is 15.9 Å². The van der Waals surface area contributed by atoms with E-state index in [1.807, 2.05) is 48.5 Å². The molecule has 8 nitrogen and oxygen atoms in total. The smallest absolute Gasteiger partial charge is 0.323 e. The largest absolute Gasteiger partial charge is 0.464 e. The molecule has 1 aromatic heterocycles. The summed E-state index contributed by atoms with van der Waals surface area (Å²) in [6, 6.07) is 17.9. The maximum absolute atomic E-state index is 12.2. The number of nitrogens with one attached hydrogen (secondary N) is 2. The summed E-state index contributed by atoms with van der Waals surface area (Å²) in [7, 11) is 0. The maximum Gasteiger partial charge on any atom is 0.323 e. The number of hydrogen-bond donors (Lipinski definition) is 4. The Labute approximate surface area is 162 Å². The van der Waals surface area contributed by atoms with Gasteiger partial charge in [0.1, 0.15) is 5.76 Å². The molecule has 0 saturated heterocycles. The van der Waals surface area contributed by atoms with Crippen molar-refractivity contribution in [1.82, 2.24) is 0 Å². The van der Waals surface area contributed by atoms with Crippen LogP contribution in [-0.4, -0.2) is 17.7 Å². The number of hydrogen-bond acceptors (Lipinski definition) is 4. The van der Waals surface area contributed by atoms with E-state index in [1.54, 1.807) is 25.3 Å². The second-order valence-electron chi connectivity index (χ2n) is 5.92. The molecule has 2 amide bonds. The monoisotopic (exact) mass is 376 g/mol. The average molecular weight is 376 g/mol. The molecular weight excluding hydrogens is 356 g/mol. The molecule has 0 saturated carbocycles. The standard InChI is InChI=1S/C20H20N6O2/c1-13(25-26-19(21)22)14-4-8-16(9-5-14)23-20(27)24-17-10-6-15(7-11-17)18-3-2-12-28-18/h2-12H,1H3,(H4,21,22,26)(H2,23,24,27)/b25-13+. The summed E-state index contributed by atoms with van der Waals surface area (Å²) in [6.07, 6.45) is 1.62. The second-order valence-corrected chi connectivity index (χ2v) is 5.92. The quantitative estimate of drug-likeness (QED) is 0.308. The minimum absolute atomic E-state index is 0.105. The molecule has 0 fully saturated rings. The molecular formula is C20H20N6O2. The van der Waals surface area contributed by atoms with Crippen molar-refractivity contribution < 1.29 is 9.21 Å². The minimum Gasteiger partial charge on any atom is -0.464 e. The lowest BCUT2D eigenvalue weighted by molar-refractivity contribution is 0.262. The van der Waals surface area contributed by atoms with Gasteiger partial charge in [-0.05, 0) is 61.0 Å². The number of rotatable bonds is 5. The fourth-order valence-electron chi connectivity index (χ4n) is 2.44. The number of benzene rings is 2. The van der Waals surface area contributed by atoms with E-state index in [0.29, 0.717) is 17.1 Å². The molecule has 0 radical (unpaired) electrons. The van der Waals surface area contributed by atoms with Crippen molar-refractivity contribution in [2.75, 3.05) is 10.6 Å². The lowest BCUT2D eigenvalue weighted by Crippen LogP contribution is -2.22. The van der Waals surface area contributed by atoms with Crippen LogP contribution in [0.3, 0.4) is 0 Å². The van der Waals surface area contributed by atoms with Crippen LogP contribution in [0.5, 0.6) is 0 Å². The molecule has 142 valence electrons. The van der Waals surface area contributed by atoms with E-state index in [0.717, 1.165) is 16.9 Å². The van der Waals surface area contributed by atoms with Gasteiger partial charge in [0, 0.05) is 16.9 Å². The molecule has 3 rings (SSSR count). The summed E-state index contributed by atoms with van der Waals surface area (Å²) in [5.74, 6) is 0.668. The number of furan rings is 1. The molecule has 28 heavy (non-hydrogen) atoms. The predicted molar refractivity (Wildman–Crippen MR) is 111 cm³/mol. The molecule has 1 heterocycles. The third kappa shape index (κ3) is 4.98. The highest BCUT2D eigenvalue weighted by Gasteiger charge is 2.05. The van der Waals surface area contributed by atoms with Crippen molar-refractivity contribution in [2.45, 2.75) is 6.92 Å². The van der Waals surface area contributed by atoms with E-state index in [2.05, 4.69) is 20.8 Å². The van der Waals surface area contributed by atoms with Gasteiger partial charge in [-0.3, -0.25) is 0 Å². The summed E-state index contributed by atoms with van der Waals surface area (Å²) < 4.78 is 5.35. The molecule has 0 aliphatic rings. The molecule has 0 aliphatic heterocycles. The van der Waals surface area contributed by atoms with Crippen LogP contribution in [0.1, 0.15) is 12.5 Å². The Morgan fingerprint density at radius 1 is 0.893 bits per heavy atom. The molecule has 0 unspecified atom stereocenters. The zero-order valence-corrected chi connectivity index (χ0v) is 15.2. The van der Waals surface area contributed by atoms with Gasteiger partial charge in [0.2, 0.25) is 5.96 Å². The van der Waals surface area contributed by atoms with Crippen LogP contribution in [0.2, 0.25) is 0 Å². The van der Waals surface area contributed by atoms with Gasteiger partial charge >= 0.3 is 6.03 Å². The van der Waals surface area contributed by atoms with Gasteiger partial charge in [-0.2, -0.15) is 5.10 Å². The molecule has 0 aliphatic carbocycles. The minimum atomic E-state index is -0.343. The van der Waals surface area contributed by atoms with Gasteiger partial charge in [-0.25, -0.2) is 4.79 Å². The van der Waals surface area contributed by atoms with Crippen molar-refractivity contribution in [3.63, 3.8) is 0 Å². The van der Waals surface area contributed by atoms with E-state index in [-0.39, 0.29) is 12.0 Å². The third-order valence-electron chi connectivity index (χ3n) is 3.82. The molecule has 6 N–H and O–H groups in total. The normalized spacial score (nSPS) is 11.0. The van der Waals surface area contributed by atoms with Crippen LogP contribution >= 0.6 is 0 Å². The first-order valence-electron chi connectivity index (χ1n) is 8.47. The van der Waals surface area contributed by atoms with Gasteiger partial charge in [0.25, 0.3) is 0 Å². The number of anilines is 2. The van der Waals surface area contributed by atoms with Gasteiger partial charge in [-0.1, -0.05) is 12.1 Å². The average Bonchev–Trinajstić information content (AvgIpc) is 3.22. The van der Waals surface area contributed by atoms with Crippen molar-refractivity contribution in [1.29, 1.82) is 0 Å². The van der Waals surface area contributed by atoms with Crippen molar-refractivity contribution in [2.24, 2.45) is 21.7 Å². The fraction of sp³-hybridized carbons (Fsp3) is 0.0500. The zero-order chi connectivity index (χ0) is 19.9. The van der Waals surface area contributed by atoms with Crippen molar-refractivity contribution >= 4 is 29.1 Å². The number of carbonyl (C=O) groups excluding carboxylic acids is 1. The number of amides is 2. The van der Waals surface area contributed by atoms with Crippen molar-refractivity contribution in [3.05, 3.63) is 72.5 Å². The fourth-order valence-corrected chi connectivity index (χ4v) is 2.44. The molecule has 0 bridgehead atoms. The first-order valence-corrected chi connectivity index (χ1v) is 8.47. The Balaban J connectivity index is 1.59. The van der Waals surface area contributed by atoms with Crippen LogP contribution in [0.4, 0.5) is 16.2 Å². The third-order valence-corrected chi connectivity index (χ3v) is 3.82. The number of urea groups is 1. The van der Waals surface area contributed by atoms with Gasteiger partial charge in [-0.15, -0.1) is 5.10 Å². The Morgan fingerprint density at radius 2 is 1.50 bits per heavy atom. The summed E-state index contributed by atoms with van der Waals surface area (Å²) in [5.41, 5.74) is 14.2. The Hall–Kier alpha value is -4.07. The van der Waals surface area contributed by atoms with Gasteiger partial charge < -0.3 is 26.5 Å². The molecule has 2 aromatic carbocycles. The van der Waals surface area contributed by atoms with Gasteiger partial charge in [0.15, 0.2) is 0 Å². The first-order chi connectivity index (χ1) is 13.5. The molecule has 3 aromatic rings. The van der Waals surface area contributed by atoms with Crippen LogP contribution in [0.15, 0.2) is 81.5 Å². The highest BCUT2D eigenvalue weighted by atomic mass is 16.3. The summed E-state index contributed by atoms with van der Waals surface area (Å²) in [4.78, 5) is 12.2. The molecule has 8 heteroatoms. The number of carbonyl (C=O) groups is 1. The second kappa shape index (κ2) is 8.54. The van der Waals surface area contributed by atoms with E-state index in [9.17, 15) is 4.79 Å². The predicted octanol–water partition coefficient (Wildman–Crippen LogP) is 3.59. The number of nitrogens with two attached hydrogens (primary N) is 2. The SMILES string of the molecule is C/C(=N\N=C(N)N)c1ccc(NC(=O)Nc2ccc(-c3ccco3)cc2)cc1. The summed E-state index contributed by atoms with van der Waals surface area (Å²) >= 11 is 0. The highest BCUT2D eigenvalue weighted by Crippen LogP contribution is 2.21. The van der Waals surface area contributed by atoms with Crippen LogP contribution in [-0.2, 0) is 0 Å². The Morgan fingerprint density at radius 3 is 2.04 bits per heavy atom. The lowest BCUT2D eigenvalue weighted by atomic mass is 10.1. The number of guanidine groups is 1. The van der Waals surface area contributed by atoms with Crippen LogP contribution in [0, 0.1) is 0 Å². The molecule has 0 atom stereocenters. The lowest BCUT2D eigenvalue weighted by Gasteiger charge is -2.09. The van der Waals surface area contributed by atoms with E-state index < -0.39 is 0 Å². The maximum atomic E-state index is 12.2. The first kappa shape index (κ1) is 18.7. The topological polar surface area (TPSA) is 131 Å². The highest BCUT2D eigenvalue weighted by molar-refractivity contribution is 6.01. The Kier molecular flexibility index (Phi) is 5.71. The van der Waals surface area contributed by atoms with Crippen molar-refractivity contribution in [3.8, 4) is 11.3 Å². The summed E-state index contributed by atoms with van der Waals surface area (Å²) in [5, 5.41) is 13.1. The zero-order valence-electron chi connectivity index (χ0n) is 15.2. The van der Waals surface area contributed by atoms with E-state index >= 15 is 0 Å². The Bertz CT molecular complexity index is 986. The van der Waals surface area contributed by atoms with Gasteiger partial charge in [0.05, 0.1) is 12.0 Å². The summed E-state index contributed by atoms with van der Waals surface area (Å²) in [6.45, 7) is 1.79. The van der Waals surface area contributed by atoms with E-state index in [1.165, 1.54) is 0 Å². The van der Waals surface area contributed by atoms with Crippen LogP contribution in [0.25, 0.3) is 11.3 Å². The van der Waals surface area contributed by atoms with Crippen LogP contribution < -0.4 is 22.1 Å².